The number of carboxylic acid groups (broad SMARTS) is 1. The van der Waals surface area contributed by atoms with Gasteiger partial charge in [-0.25, -0.2) is 0 Å². The van der Waals surface area contributed by atoms with Gasteiger partial charge in [0, 0.05) is 17.5 Å². The summed E-state index contributed by atoms with van der Waals surface area (Å²) >= 11 is 1.53. The van der Waals surface area contributed by atoms with E-state index in [0.717, 1.165) is 16.8 Å². The number of carbonyl (C=O) groups excluding carboxylic acids is 2. The number of fused-ring (bicyclic) bond motifs is 1. The quantitative estimate of drug-likeness (QED) is 0.488. The Labute approximate surface area is 217 Å². The number of para-hydroxylation sites is 1. The molecule has 2 amide bonds. The number of carbonyl (C=O) groups is 3. The maximum absolute atomic E-state index is 14.7. The first kappa shape index (κ1) is 26.7. The molecular formula is C28H38N2O5S. The number of anilines is 1. The lowest BCUT2D eigenvalue weighted by Crippen LogP contribution is -2.60. The highest BCUT2D eigenvalue weighted by Gasteiger charge is 2.77. The third-order valence-electron chi connectivity index (χ3n) is 8.83. The monoisotopic (exact) mass is 514 g/mol. The number of likely N-dealkylation sites (tertiary alicyclic amines) is 1. The summed E-state index contributed by atoms with van der Waals surface area (Å²) in [6.07, 6.45) is 3.05. The molecule has 8 atom stereocenters. The fourth-order valence-electron chi connectivity index (χ4n) is 6.99. The number of thioether (sulfide) groups is 1. The molecule has 1 aromatic rings. The molecule has 3 unspecified atom stereocenters. The van der Waals surface area contributed by atoms with Gasteiger partial charge < -0.3 is 20.0 Å². The van der Waals surface area contributed by atoms with Crippen molar-refractivity contribution < 1.29 is 24.6 Å². The van der Waals surface area contributed by atoms with Gasteiger partial charge in [0.2, 0.25) is 5.91 Å². The Balaban J connectivity index is 1.92. The van der Waals surface area contributed by atoms with Gasteiger partial charge in [-0.15, -0.1) is 18.3 Å². The van der Waals surface area contributed by atoms with Crippen LogP contribution < -0.4 is 4.90 Å². The molecule has 196 valence electrons. The van der Waals surface area contributed by atoms with Gasteiger partial charge in [0.15, 0.2) is 0 Å². The Morgan fingerprint density at radius 1 is 1.33 bits per heavy atom. The van der Waals surface area contributed by atoms with Crippen LogP contribution in [-0.2, 0) is 14.4 Å². The lowest BCUT2D eigenvalue weighted by Gasteiger charge is -2.43. The Morgan fingerprint density at radius 3 is 2.50 bits per heavy atom. The van der Waals surface area contributed by atoms with Crippen molar-refractivity contribution in [3.63, 3.8) is 0 Å². The maximum Gasteiger partial charge on any atom is 0.308 e. The molecule has 3 aliphatic heterocycles. The highest BCUT2D eigenvalue weighted by atomic mass is 32.2. The molecule has 0 radical (unpaired) electrons. The number of aliphatic carboxylic acids is 1. The SMILES string of the molecule is C=CCN(C(=O)C1N([C@@H](CO)[C@@H](C)CC)C(=O)[C@@H]2[C@@H](C(=O)O)[C@H]3CC(C)C12S3)c1c(C)cccc1C. The third-order valence-corrected chi connectivity index (χ3v) is 10.9. The van der Waals surface area contributed by atoms with Gasteiger partial charge in [0.25, 0.3) is 5.91 Å². The summed E-state index contributed by atoms with van der Waals surface area (Å²) in [5.74, 6) is -3.20. The minimum absolute atomic E-state index is 0.0178. The second-order valence-corrected chi connectivity index (χ2v) is 12.3. The zero-order valence-corrected chi connectivity index (χ0v) is 22.6. The number of benzene rings is 1. The van der Waals surface area contributed by atoms with Crippen molar-refractivity contribution in [3.8, 4) is 0 Å². The minimum Gasteiger partial charge on any atom is -0.481 e. The number of hydrogen-bond acceptors (Lipinski definition) is 5. The number of aliphatic hydroxyl groups is 1. The number of rotatable bonds is 9. The summed E-state index contributed by atoms with van der Waals surface area (Å²) in [5.41, 5.74) is 2.67. The van der Waals surface area contributed by atoms with E-state index in [-0.39, 0.29) is 42.1 Å². The largest absolute Gasteiger partial charge is 0.481 e. The van der Waals surface area contributed by atoms with Crippen LogP contribution in [0.25, 0.3) is 0 Å². The normalized spacial score (nSPS) is 32.3. The summed E-state index contributed by atoms with van der Waals surface area (Å²) in [7, 11) is 0. The van der Waals surface area contributed by atoms with E-state index in [0.29, 0.717) is 12.8 Å². The third kappa shape index (κ3) is 3.71. The van der Waals surface area contributed by atoms with Crippen LogP contribution in [0.15, 0.2) is 30.9 Å². The Morgan fingerprint density at radius 2 is 1.97 bits per heavy atom. The van der Waals surface area contributed by atoms with E-state index in [1.165, 1.54) is 11.8 Å². The van der Waals surface area contributed by atoms with E-state index < -0.39 is 34.6 Å². The molecule has 0 saturated carbocycles. The van der Waals surface area contributed by atoms with Crippen LogP contribution in [0, 0.1) is 37.5 Å². The Hall–Kier alpha value is -2.32. The van der Waals surface area contributed by atoms with Crippen molar-refractivity contribution in [3.05, 3.63) is 42.0 Å². The number of aliphatic hydroxyl groups excluding tert-OH is 1. The van der Waals surface area contributed by atoms with Gasteiger partial charge in [0.1, 0.15) is 6.04 Å². The molecule has 36 heavy (non-hydrogen) atoms. The molecule has 3 fully saturated rings. The van der Waals surface area contributed by atoms with E-state index in [2.05, 4.69) is 6.58 Å². The topological polar surface area (TPSA) is 98.2 Å². The van der Waals surface area contributed by atoms with Gasteiger partial charge in [0.05, 0.1) is 29.2 Å². The molecule has 3 aliphatic rings. The molecule has 3 saturated heterocycles. The van der Waals surface area contributed by atoms with Crippen molar-refractivity contribution >= 4 is 35.2 Å². The summed E-state index contributed by atoms with van der Waals surface area (Å²) in [4.78, 5) is 44.6. The minimum atomic E-state index is -0.977. The van der Waals surface area contributed by atoms with Crippen molar-refractivity contribution in [2.75, 3.05) is 18.1 Å². The standard InChI is InChI=1S/C28H38N2O5S/c1-7-12-29(23-16(4)10-9-11-17(23)5)26(33)24-28-18(6)13-20(36-28)21(27(34)35)22(28)25(32)30(24)19(14-31)15(3)8-2/h7,9-11,15,18-22,24,31H,1,8,12-14H2,2-6H3,(H,34,35)/t15-,18?,19-,20+,21-,22-,24?,28?/m0/s1. The summed E-state index contributed by atoms with van der Waals surface area (Å²) in [6.45, 7) is 13.8. The molecule has 1 spiro atoms. The molecule has 8 heteroatoms. The first-order chi connectivity index (χ1) is 17.1. The number of aryl methyl sites for hydroxylation is 2. The lowest BCUT2D eigenvalue weighted by molar-refractivity contribution is -0.150. The predicted molar refractivity (Wildman–Crippen MR) is 142 cm³/mol. The van der Waals surface area contributed by atoms with Crippen LogP contribution in [0.2, 0.25) is 0 Å². The first-order valence-corrected chi connectivity index (χ1v) is 13.8. The molecule has 3 heterocycles. The van der Waals surface area contributed by atoms with E-state index in [4.69, 9.17) is 0 Å². The smallest absolute Gasteiger partial charge is 0.308 e. The fraction of sp³-hybridized carbons (Fsp3) is 0.607. The molecule has 7 nitrogen and oxygen atoms in total. The summed E-state index contributed by atoms with van der Waals surface area (Å²) < 4.78 is -0.848. The van der Waals surface area contributed by atoms with Gasteiger partial charge >= 0.3 is 5.97 Å². The molecular weight excluding hydrogens is 476 g/mol. The Kier molecular flexibility index (Phi) is 7.32. The zero-order valence-electron chi connectivity index (χ0n) is 21.8. The van der Waals surface area contributed by atoms with Gasteiger partial charge in [-0.05, 0) is 43.2 Å². The van der Waals surface area contributed by atoms with E-state index in [9.17, 15) is 24.6 Å². The summed E-state index contributed by atoms with van der Waals surface area (Å²) in [6, 6.07) is 4.43. The van der Waals surface area contributed by atoms with E-state index in [1.54, 1.807) is 15.9 Å². The van der Waals surface area contributed by atoms with E-state index in [1.807, 2.05) is 52.8 Å². The van der Waals surface area contributed by atoms with Crippen LogP contribution in [-0.4, -0.2) is 68.1 Å². The fourth-order valence-corrected chi connectivity index (χ4v) is 9.39. The lowest BCUT2D eigenvalue weighted by atomic mass is 9.66. The van der Waals surface area contributed by atoms with Crippen molar-refractivity contribution in [1.29, 1.82) is 0 Å². The van der Waals surface area contributed by atoms with Crippen LogP contribution >= 0.6 is 11.8 Å². The maximum atomic E-state index is 14.7. The molecule has 0 aromatic heterocycles. The van der Waals surface area contributed by atoms with Crippen molar-refractivity contribution in [2.45, 2.75) is 69.5 Å². The average molecular weight is 515 g/mol. The second kappa shape index (κ2) is 9.86. The molecule has 1 aromatic carbocycles. The molecule has 0 aliphatic carbocycles. The van der Waals surface area contributed by atoms with Crippen LogP contribution in [0.4, 0.5) is 5.69 Å². The number of carboxylic acids is 1. The van der Waals surface area contributed by atoms with Crippen LogP contribution in [0.3, 0.4) is 0 Å². The molecule has 2 bridgehead atoms. The zero-order chi connectivity index (χ0) is 26.5. The number of hydrogen-bond donors (Lipinski definition) is 2. The number of nitrogens with zero attached hydrogens (tertiary/aromatic N) is 2. The van der Waals surface area contributed by atoms with Gasteiger partial charge in [-0.1, -0.05) is 51.5 Å². The number of amides is 2. The summed E-state index contributed by atoms with van der Waals surface area (Å²) in [5, 5.41) is 20.4. The van der Waals surface area contributed by atoms with Crippen molar-refractivity contribution in [2.24, 2.45) is 23.7 Å². The molecule has 2 N–H and O–H groups in total. The predicted octanol–water partition coefficient (Wildman–Crippen LogP) is 3.65. The van der Waals surface area contributed by atoms with Crippen molar-refractivity contribution in [1.82, 2.24) is 4.90 Å². The highest BCUT2D eigenvalue weighted by molar-refractivity contribution is 8.02. The van der Waals surface area contributed by atoms with Gasteiger partial charge in [-0.2, -0.15) is 0 Å². The first-order valence-electron chi connectivity index (χ1n) is 12.9. The molecule has 4 rings (SSSR count). The van der Waals surface area contributed by atoms with Crippen LogP contribution in [0.1, 0.15) is 44.7 Å². The van der Waals surface area contributed by atoms with Gasteiger partial charge in [-0.3, -0.25) is 14.4 Å². The van der Waals surface area contributed by atoms with E-state index >= 15 is 0 Å². The second-order valence-electron chi connectivity index (χ2n) is 10.7. The highest BCUT2D eigenvalue weighted by Crippen LogP contribution is 2.69. The average Bonchev–Trinajstić information content (AvgIpc) is 3.42. The van der Waals surface area contributed by atoms with Crippen LogP contribution in [0.5, 0.6) is 0 Å². The Bertz CT molecular complexity index is 1060.